The van der Waals surface area contributed by atoms with Crippen molar-refractivity contribution in [3.63, 3.8) is 0 Å². The first-order chi connectivity index (χ1) is 12.7. The SMILES string of the molecule is O=C(CSc1n[nH]c(-c2ccccc2F)n1)N1CCOC2CCCCC21. The van der Waals surface area contributed by atoms with Crippen molar-refractivity contribution in [1.29, 1.82) is 0 Å². The monoisotopic (exact) mass is 376 g/mol. The molecule has 2 aromatic rings. The molecule has 4 rings (SSSR count). The van der Waals surface area contributed by atoms with Gasteiger partial charge in [-0.15, -0.1) is 5.10 Å². The van der Waals surface area contributed by atoms with E-state index in [9.17, 15) is 9.18 Å². The van der Waals surface area contributed by atoms with Crippen LogP contribution in [0.5, 0.6) is 0 Å². The third-order valence-corrected chi connectivity index (χ3v) is 5.80. The lowest BCUT2D eigenvalue weighted by Crippen LogP contribution is -2.55. The number of aromatic nitrogens is 3. The van der Waals surface area contributed by atoms with Crippen LogP contribution in [0.2, 0.25) is 0 Å². The van der Waals surface area contributed by atoms with Gasteiger partial charge >= 0.3 is 0 Å². The summed E-state index contributed by atoms with van der Waals surface area (Å²) in [6.45, 7) is 1.25. The van der Waals surface area contributed by atoms with Gasteiger partial charge < -0.3 is 9.64 Å². The number of amides is 1. The summed E-state index contributed by atoms with van der Waals surface area (Å²) in [6.07, 6.45) is 4.55. The van der Waals surface area contributed by atoms with Crippen LogP contribution in [0.1, 0.15) is 25.7 Å². The van der Waals surface area contributed by atoms with Crippen molar-refractivity contribution in [1.82, 2.24) is 20.1 Å². The number of ether oxygens (including phenoxy) is 1. The molecule has 1 N–H and O–H groups in total. The van der Waals surface area contributed by atoms with Crippen LogP contribution < -0.4 is 0 Å². The second kappa shape index (κ2) is 7.75. The number of rotatable bonds is 4. The smallest absolute Gasteiger partial charge is 0.233 e. The van der Waals surface area contributed by atoms with Crippen molar-refractivity contribution in [3.8, 4) is 11.4 Å². The Morgan fingerprint density at radius 3 is 3.08 bits per heavy atom. The number of hydrogen-bond donors (Lipinski definition) is 1. The van der Waals surface area contributed by atoms with Crippen LogP contribution in [0.25, 0.3) is 11.4 Å². The van der Waals surface area contributed by atoms with E-state index < -0.39 is 0 Å². The fourth-order valence-corrected chi connectivity index (χ4v) is 4.38. The number of aromatic amines is 1. The Labute approximate surface area is 155 Å². The first kappa shape index (κ1) is 17.5. The Balaban J connectivity index is 1.38. The molecule has 1 saturated carbocycles. The summed E-state index contributed by atoms with van der Waals surface area (Å²) in [5.41, 5.74) is 0.372. The van der Waals surface area contributed by atoms with E-state index in [2.05, 4.69) is 15.2 Å². The highest BCUT2D eigenvalue weighted by Crippen LogP contribution is 2.29. The second-order valence-electron chi connectivity index (χ2n) is 6.58. The highest BCUT2D eigenvalue weighted by atomic mass is 32.2. The molecule has 138 valence electrons. The highest BCUT2D eigenvalue weighted by Gasteiger charge is 2.36. The van der Waals surface area contributed by atoms with Crippen molar-refractivity contribution < 1.29 is 13.9 Å². The third-order valence-electron chi connectivity index (χ3n) is 4.97. The average molecular weight is 376 g/mol. The fourth-order valence-electron chi connectivity index (χ4n) is 3.70. The molecule has 1 aromatic heterocycles. The second-order valence-corrected chi connectivity index (χ2v) is 7.53. The minimum atomic E-state index is -0.354. The van der Waals surface area contributed by atoms with E-state index in [-0.39, 0.29) is 29.6 Å². The van der Waals surface area contributed by atoms with Crippen LogP contribution in [0.3, 0.4) is 0 Å². The Kier molecular flexibility index (Phi) is 5.21. The molecule has 0 radical (unpaired) electrons. The zero-order valence-corrected chi connectivity index (χ0v) is 15.2. The Morgan fingerprint density at radius 2 is 2.19 bits per heavy atom. The number of hydrogen-bond acceptors (Lipinski definition) is 5. The van der Waals surface area contributed by atoms with Crippen molar-refractivity contribution in [2.24, 2.45) is 0 Å². The summed E-state index contributed by atoms with van der Waals surface area (Å²) >= 11 is 1.27. The Bertz CT molecular complexity index is 782. The lowest BCUT2D eigenvalue weighted by Gasteiger charge is -2.43. The van der Waals surface area contributed by atoms with E-state index in [1.165, 1.54) is 24.2 Å². The van der Waals surface area contributed by atoms with E-state index in [0.29, 0.717) is 29.7 Å². The zero-order chi connectivity index (χ0) is 17.9. The normalized spacial score (nSPS) is 22.9. The standard InChI is InChI=1S/C18H21FN4O2S/c19-13-6-2-1-5-12(13)17-20-18(22-21-17)26-11-16(24)23-9-10-25-15-8-4-3-7-14(15)23/h1-2,5-6,14-15H,3-4,7-11H2,(H,20,21,22). The van der Waals surface area contributed by atoms with Gasteiger partial charge in [0.25, 0.3) is 0 Å². The molecule has 6 nitrogen and oxygen atoms in total. The molecule has 0 bridgehead atoms. The quantitative estimate of drug-likeness (QED) is 0.831. The molecular formula is C18H21FN4O2S. The molecule has 1 amide bonds. The predicted octanol–water partition coefficient (Wildman–Crippen LogP) is 2.87. The molecule has 2 aliphatic rings. The Morgan fingerprint density at radius 1 is 1.35 bits per heavy atom. The van der Waals surface area contributed by atoms with E-state index in [0.717, 1.165) is 19.3 Å². The average Bonchev–Trinajstić information content (AvgIpc) is 3.15. The van der Waals surface area contributed by atoms with Gasteiger partial charge in [0.15, 0.2) is 5.82 Å². The largest absolute Gasteiger partial charge is 0.374 e. The van der Waals surface area contributed by atoms with Crippen LogP contribution in [-0.4, -0.2) is 57.0 Å². The molecule has 1 saturated heterocycles. The van der Waals surface area contributed by atoms with E-state index in [4.69, 9.17) is 4.74 Å². The van der Waals surface area contributed by atoms with Crippen molar-refractivity contribution in [2.75, 3.05) is 18.9 Å². The van der Waals surface area contributed by atoms with E-state index in [1.807, 2.05) is 4.90 Å². The summed E-state index contributed by atoms with van der Waals surface area (Å²) < 4.78 is 19.7. The zero-order valence-electron chi connectivity index (χ0n) is 14.4. The van der Waals surface area contributed by atoms with Crippen LogP contribution in [0.15, 0.2) is 29.4 Å². The van der Waals surface area contributed by atoms with Gasteiger partial charge in [0, 0.05) is 6.54 Å². The maximum absolute atomic E-state index is 13.8. The molecule has 2 atom stereocenters. The predicted molar refractivity (Wildman–Crippen MR) is 96.2 cm³/mol. The Hall–Kier alpha value is -1.93. The molecule has 8 heteroatoms. The van der Waals surface area contributed by atoms with Gasteiger partial charge in [-0.05, 0) is 25.0 Å². The first-order valence-electron chi connectivity index (χ1n) is 8.93. The number of thioether (sulfide) groups is 1. The number of benzene rings is 1. The maximum Gasteiger partial charge on any atom is 0.233 e. The number of halogens is 1. The number of carbonyl (C=O) groups excluding carboxylic acids is 1. The number of nitrogens with zero attached hydrogens (tertiary/aromatic N) is 3. The molecular weight excluding hydrogens is 355 g/mol. The van der Waals surface area contributed by atoms with Crippen LogP contribution in [0.4, 0.5) is 4.39 Å². The molecule has 1 aliphatic heterocycles. The lowest BCUT2D eigenvalue weighted by molar-refractivity contribution is -0.146. The van der Waals surface area contributed by atoms with Gasteiger partial charge in [-0.2, -0.15) is 0 Å². The summed E-state index contributed by atoms with van der Waals surface area (Å²) in [5.74, 6) is 0.384. The first-order valence-corrected chi connectivity index (χ1v) is 9.92. The van der Waals surface area contributed by atoms with Gasteiger partial charge in [-0.25, -0.2) is 9.37 Å². The van der Waals surface area contributed by atoms with Crippen LogP contribution >= 0.6 is 11.8 Å². The molecule has 2 heterocycles. The molecule has 1 aromatic carbocycles. The van der Waals surface area contributed by atoms with E-state index >= 15 is 0 Å². The summed E-state index contributed by atoms with van der Waals surface area (Å²) in [4.78, 5) is 18.9. The van der Waals surface area contributed by atoms with Gasteiger partial charge in [0.2, 0.25) is 11.1 Å². The van der Waals surface area contributed by atoms with Crippen molar-refractivity contribution in [2.45, 2.75) is 43.0 Å². The number of nitrogens with one attached hydrogen (secondary N) is 1. The van der Waals surface area contributed by atoms with Crippen molar-refractivity contribution in [3.05, 3.63) is 30.1 Å². The van der Waals surface area contributed by atoms with Gasteiger partial charge in [-0.3, -0.25) is 9.89 Å². The van der Waals surface area contributed by atoms with Crippen molar-refractivity contribution >= 4 is 17.7 Å². The van der Waals surface area contributed by atoms with E-state index in [1.54, 1.807) is 18.2 Å². The topological polar surface area (TPSA) is 71.1 Å². The number of fused-ring (bicyclic) bond motifs is 1. The van der Waals surface area contributed by atoms with Gasteiger partial charge in [0.1, 0.15) is 5.82 Å². The molecule has 0 spiro atoms. The minimum absolute atomic E-state index is 0.0902. The van der Waals surface area contributed by atoms with Crippen LogP contribution in [0, 0.1) is 5.82 Å². The molecule has 1 aliphatic carbocycles. The molecule has 26 heavy (non-hydrogen) atoms. The maximum atomic E-state index is 13.8. The van der Waals surface area contributed by atoms with Gasteiger partial charge in [0.05, 0.1) is 30.1 Å². The molecule has 2 unspecified atom stereocenters. The molecule has 2 fully saturated rings. The highest BCUT2D eigenvalue weighted by molar-refractivity contribution is 7.99. The third kappa shape index (κ3) is 3.61. The number of morpholine rings is 1. The minimum Gasteiger partial charge on any atom is -0.374 e. The fraction of sp³-hybridized carbons (Fsp3) is 0.500. The summed E-state index contributed by atoms with van der Waals surface area (Å²) in [6, 6.07) is 6.60. The summed E-state index contributed by atoms with van der Waals surface area (Å²) in [5, 5.41) is 7.29. The lowest BCUT2D eigenvalue weighted by atomic mass is 9.90. The van der Waals surface area contributed by atoms with Gasteiger partial charge in [-0.1, -0.05) is 36.7 Å². The van der Waals surface area contributed by atoms with Crippen LogP contribution in [-0.2, 0) is 9.53 Å². The number of H-pyrrole nitrogens is 1. The number of carbonyl (C=O) groups is 1. The summed E-state index contributed by atoms with van der Waals surface area (Å²) in [7, 11) is 0.